The molecule has 2 heterocycles. The number of likely N-dealkylation sites (N-methyl/N-ethyl adjacent to an activating group) is 1. The van der Waals surface area contributed by atoms with Gasteiger partial charge in [-0.1, -0.05) is 32.3 Å². The number of benzene rings is 1. The van der Waals surface area contributed by atoms with Crippen molar-refractivity contribution in [2.24, 2.45) is 11.8 Å². The van der Waals surface area contributed by atoms with Gasteiger partial charge in [-0.15, -0.1) is 11.3 Å². The number of carbonyl (C=O) groups excluding carboxylic acids is 2. The molecule has 0 radical (unpaired) electrons. The fraction of sp³-hybridized carbons (Fsp3) is 0.636. The first kappa shape index (κ1) is 35.3. The minimum absolute atomic E-state index is 0.0342. The molecule has 2 aromatic rings. The molecule has 4 atom stereocenters. The molecule has 0 unspecified atom stereocenters. The van der Waals surface area contributed by atoms with E-state index in [2.05, 4.69) is 5.32 Å². The number of carbonyl (C=O) groups is 2. The molecule has 1 aromatic carbocycles. The molecular formula is C33H49N3O7S2. The number of nitrogens with one attached hydrogen (secondary N) is 1. The van der Waals surface area contributed by atoms with Crippen molar-refractivity contribution in [3.05, 3.63) is 41.3 Å². The Morgan fingerprint density at radius 2 is 1.87 bits per heavy atom. The maximum Gasteiger partial charge on any atom is 0.258 e. The lowest BCUT2D eigenvalue weighted by Gasteiger charge is -2.35. The van der Waals surface area contributed by atoms with Crippen LogP contribution >= 0.6 is 11.3 Å². The van der Waals surface area contributed by atoms with E-state index in [1.54, 1.807) is 54.6 Å². The first-order valence-electron chi connectivity index (χ1n) is 16.2. The van der Waals surface area contributed by atoms with Crippen LogP contribution in [0.15, 0.2) is 39.9 Å². The number of aliphatic hydroxyl groups excluding tert-OH is 1. The Kier molecular flexibility index (Phi) is 12.8. The highest BCUT2D eigenvalue weighted by Crippen LogP contribution is 2.30. The van der Waals surface area contributed by atoms with Crippen LogP contribution in [-0.2, 0) is 19.6 Å². The molecule has 12 heteroatoms. The topological polar surface area (TPSA) is 125 Å². The third-order valence-corrected chi connectivity index (χ3v) is 12.1. The lowest BCUT2D eigenvalue weighted by molar-refractivity contribution is -0.120. The van der Waals surface area contributed by atoms with E-state index in [0.29, 0.717) is 23.6 Å². The minimum Gasteiger partial charge on any atom is -0.490 e. The zero-order chi connectivity index (χ0) is 32.6. The van der Waals surface area contributed by atoms with E-state index in [9.17, 15) is 23.1 Å². The number of anilines is 1. The molecule has 0 saturated heterocycles. The van der Waals surface area contributed by atoms with Gasteiger partial charge in [-0.25, -0.2) is 8.42 Å². The number of amides is 2. The second kappa shape index (κ2) is 16.4. The van der Waals surface area contributed by atoms with Crippen molar-refractivity contribution in [3.8, 4) is 5.75 Å². The van der Waals surface area contributed by atoms with Gasteiger partial charge in [0.25, 0.3) is 15.9 Å². The average molecular weight is 664 g/mol. The fourth-order valence-corrected chi connectivity index (χ4v) is 8.37. The lowest BCUT2D eigenvalue weighted by Crippen LogP contribution is -2.48. The van der Waals surface area contributed by atoms with Gasteiger partial charge in [-0.05, 0) is 75.6 Å². The molecule has 2 N–H and O–H groups in total. The Bertz CT molecular complexity index is 1360. The number of thiophene rings is 1. The van der Waals surface area contributed by atoms with Gasteiger partial charge < -0.3 is 24.8 Å². The quantitative estimate of drug-likeness (QED) is 0.388. The molecular weight excluding hydrogens is 615 g/mol. The Labute approximate surface area is 272 Å². The van der Waals surface area contributed by atoms with Crippen molar-refractivity contribution in [2.75, 3.05) is 38.7 Å². The average Bonchev–Trinajstić information content (AvgIpc) is 3.59. The monoisotopic (exact) mass is 663 g/mol. The second-order valence-electron chi connectivity index (χ2n) is 12.6. The summed E-state index contributed by atoms with van der Waals surface area (Å²) >= 11 is 1.17. The highest BCUT2D eigenvalue weighted by Gasteiger charge is 2.33. The van der Waals surface area contributed by atoms with Crippen molar-refractivity contribution in [2.45, 2.75) is 94.6 Å². The number of fused-ring (bicyclic) bond motifs is 1. The summed E-state index contributed by atoms with van der Waals surface area (Å²) in [4.78, 5) is 29.0. The van der Waals surface area contributed by atoms with Gasteiger partial charge in [0.2, 0.25) is 5.91 Å². The van der Waals surface area contributed by atoms with Crippen LogP contribution in [0.2, 0.25) is 0 Å². The number of hydrogen-bond acceptors (Lipinski definition) is 8. The molecule has 45 heavy (non-hydrogen) atoms. The third kappa shape index (κ3) is 9.28. The fourth-order valence-electron chi connectivity index (χ4n) is 5.99. The van der Waals surface area contributed by atoms with Crippen molar-refractivity contribution in [1.82, 2.24) is 9.21 Å². The van der Waals surface area contributed by atoms with Crippen molar-refractivity contribution < 1.29 is 32.6 Å². The summed E-state index contributed by atoms with van der Waals surface area (Å²) < 4.78 is 40.6. The van der Waals surface area contributed by atoms with Gasteiger partial charge in [-0.3, -0.25) is 9.59 Å². The van der Waals surface area contributed by atoms with Crippen molar-refractivity contribution in [3.63, 3.8) is 0 Å². The van der Waals surface area contributed by atoms with Gasteiger partial charge in [0.1, 0.15) is 9.96 Å². The maximum atomic E-state index is 14.3. The van der Waals surface area contributed by atoms with E-state index in [4.69, 9.17) is 9.47 Å². The number of nitrogens with zero attached hydrogens (tertiary/aromatic N) is 2. The molecule has 2 amide bonds. The Hall–Kier alpha value is -2.51. The van der Waals surface area contributed by atoms with Gasteiger partial charge in [-0.2, -0.15) is 4.31 Å². The zero-order valence-electron chi connectivity index (χ0n) is 26.9. The SMILES string of the molecule is C[C@@H]1CCCCO[C@@H](CN(C)S(=O)(=O)c2cccs2)[C@H](C)CN([C@@H](C)CO)C(=O)c2cc(NC(=O)C3CCCCC3)ccc2O1. The molecule has 250 valence electrons. The van der Waals surface area contributed by atoms with Crippen LogP contribution in [-0.4, -0.2) is 86.1 Å². The molecule has 1 aromatic heterocycles. The van der Waals surface area contributed by atoms with Gasteiger partial charge in [0, 0.05) is 44.3 Å². The number of ether oxygens (including phenoxy) is 2. The van der Waals surface area contributed by atoms with Crippen LogP contribution in [0.4, 0.5) is 5.69 Å². The van der Waals surface area contributed by atoms with Crippen LogP contribution < -0.4 is 10.1 Å². The van der Waals surface area contributed by atoms with Gasteiger partial charge in [0.15, 0.2) is 0 Å². The predicted octanol–water partition coefficient (Wildman–Crippen LogP) is 5.38. The molecule has 10 nitrogen and oxygen atoms in total. The maximum absolute atomic E-state index is 14.3. The van der Waals surface area contributed by atoms with E-state index in [1.165, 1.54) is 15.6 Å². The summed E-state index contributed by atoms with van der Waals surface area (Å²) in [5, 5.41) is 14.9. The molecule has 0 spiro atoms. The van der Waals surface area contributed by atoms with Crippen LogP contribution in [0.5, 0.6) is 5.75 Å². The molecule has 2 aliphatic rings. The zero-order valence-corrected chi connectivity index (χ0v) is 28.6. The molecule has 1 aliphatic heterocycles. The minimum atomic E-state index is -3.69. The lowest BCUT2D eigenvalue weighted by atomic mass is 9.88. The standard InChI is InChI=1S/C33H49N3O7S2/c1-23-20-36(24(2)22-37)33(39)28-19-27(34-32(38)26-12-6-5-7-13-26)15-16-29(28)43-25(3)11-8-9-17-42-30(23)21-35(4)45(40,41)31-14-10-18-44-31/h10,14-16,18-19,23-26,30,37H,5-9,11-13,17,20-22H2,1-4H3,(H,34,38)/t23-,24+,25-,30+/m1/s1. The summed E-state index contributed by atoms with van der Waals surface area (Å²) in [7, 11) is -2.15. The van der Waals surface area contributed by atoms with Crippen LogP contribution in [0, 0.1) is 11.8 Å². The molecule has 1 fully saturated rings. The van der Waals surface area contributed by atoms with Crippen LogP contribution in [0.1, 0.15) is 82.5 Å². The molecule has 1 aliphatic carbocycles. The summed E-state index contributed by atoms with van der Waals surface area (Å²) in [6.45, 7) is 6.18. The van der Waals surface area contributed by atoms with E-state index < -0.39 is 22.2 Å². The third-order valence-electron chi connectivity index (χ3n) is 8.89. The normalized spacial score (nSPS) is 23.6. The Balaban J connectivity index is 1.63. The first-order valence-corrected chi connectivity index (χ1v) is 18.5. The highest BCUT2D eigenvalue weighted by molar-refractivity contribution is 7.91. The molecule has 0 bridgehead atoms. The van der Waals surface area contributed by atoms with Crippen molar-refractivity contribution in [1.29, 1.82) is 0 Å². The predicted molar refractivity (Wildman–Crippen MR) is 176 cm³/mol. The van der Waals surface area contributed by atoms with Crippen molar-refractivity contribution >= 4 is 38.9 Å². The smallest absolute Gasteiger partial charge is 0.258 e. The first-order chi connectivity index (χ1) is 21.5. The largest absolute Gasteiger partial charge is 0.490 e. The summed E-state index contributed by atoms with van der Waals surface area (Å²) in [5.74, 6) is -0.255. The summed E-state index contributed by atoms with van der Waals surface area (Å²) in [6, 6.07) is 7.96. The molecule has 4 rings (SSSR count). The number of aliphatic hydroxyl groups is 1. The Morgan fingerprint density at radius 1 is 1.13 bits per heavy atom. The Morgan fingerprint density at radius 3 is 2.56 bits per heavy atom. The van der Waals surface area contributed by atoms with E-state index in [0.717, 1.165) is 51.4 Å². The molecule has 1 saturated carbocycles. The second-order valence-corrected chi connectivity index (χ2v) is 15.8. The van der Waals surface area contributed by atoms with E-state index in [1.807, 2.05) is 13.8 Å². The highest BCUT2D eigenvalue weighted by atomic mass is 32.2. The number of rotatable bonds is 8. The van der Waals surface area contributed by atoms with E-state index in [-0.39, 0.29) is 53.7 Å². The number of sulfonamides is 1. The van der Waals surface area contributed by atoms with Crippen LogP contribution in [0.25, 0.3) is 0 Å². The van der Waals surface area contributed by atoms with Gasteiger partial charge in [0.05, 0.1) is 30.4 Å². The van der Waals surface area contributed by atoms with E-state index >= 15 is 0 Å². The summed E-state index contributed by atoms with van der Waals surface area (Å²) in [6.07, 6.45) is 6.62. The summed E-state index contributed by atoms with van der Waals surface area (Å²) in [5.41, 5.74) is 0.837. The van der Waals surface area contributed by atoms with Gasteiger partial charge >= 0.3 is 0 Å². The number of hydrogen-bond donors (Lipinski definition) is 2. The van der Waals surface area contributed by atoms with Crippen LogP contribution in [0.3, 0.4) is 0 Å².